The van der Waals surface area contributed by atoms with Gasteiger partial charge in [-0.25, -0.2) is 4.79 Å². The Kier molecular flexibility index (Phi) is 12.3. The van der Waals surface area contributed by atoms with Gasteiger partial charge in [-0.2, -0.15) is 0 Å². The first-order valence-electron chi connectivity index (χ1n) is 14.3. The molecule has 260 valence electrons. The highest BCUT2D eigenvalue weighted by Gasteiger charge is 2.52. The molecule has 10 N–H and O–H groups in total. The SMILES string of the molecule is COc1cc(/C=C/C(=O)O[C@H]2[C@H](O[C@@H]3O[C@@H](C)[C@H](O)[C@@H](O)[C@H]3O)[C@@H](O)[C@H](O)O[C@@H]2CO[C@@H]2O[C@H](CO)[C@H](O)[C@H](O)[C@H]2O)ccc1O. The van der Waals surface area contributed by atoms with Gasteiger partial charge in [-0.3, -0.25) is 0 Å². The van der Waals surface area contributed by atoms with Crippen molar-refractivity contribution in [2.24, 2.45) is 0 Å². The molecule has 3 aliphatic rings. The van der Waals surface area contributed by atoms with Crippen LogP contribution in [0.1, 0.15) is 12.5 Å². The van der Waals surface area contributed by atoms with Gasteiger partial charge in [0.15, 0.2) is 36.5 Å². The molecule has 18 nitrogen and oxygen atoms in total. The van der Waals surface area contributed by atoms with Gasteiger partial charge < -0.3 is 84.2 Å². The van der Waals surface area contributed by atoms with Crippen LogP contribution in [0.4, 0.5) is 0 Å². The van der Waals surface area contributed by atoms with Gasteiger partial charge in [-0.15, -0.1) is 0 Å². The van der Waals surface area contributed by atoms with Crippen molar-refractivity contribution in [3.63, 3.8) is 0 Å². The smallest absolute Gasteiger partial charge is 0.331 e. The van der Waals surface area contributed by atoms with E-state index in [-0.39, 0.29) is 11.5 Å². The minimum Gasteiger partial charge on any atom is -0.504 e. The lowest BCUT2D eigenvalue weighted by Crippen LogP contribution is -2.65. The van der Waals surface area contributed by atoms with E-state index in [0.717, 1.165) is 6.08 Å². The van der Waals surface area contributed by atoms with E-state index in [1.165, 1.54) is 38.3 Å². The topological polar surface area (TPSA) is 284 Å². The first-order chi connectivity index (χ1) is 21.8. The fourth-order valence-electron chi connectivity index (χ4n) is 5.15. The van der Waals surface area contributed by atoms with E-state index in [2.05, 4.69) is 0 Å². The van der Waals surface area contributed by atoms with Crippen molar-refractivity contribution in [2.45, 2.75) is 99.0 Å². The van der Waals surface area contributed by atoms with E-state index in [4.69, 9.17) is 33.2 Å². The molecule has 46 heavy (non-hydrogen) atoms. The molecule has 4 rings (SSSR count). The number of ether oxygens (including phenoxy) is 7. The molecule has 0 spiro atoms. The molecule has 1 aromatic rings. The van der Waals surface area contributed by atoms with Crippen molar-refractivity contribution >= 4 is 12.0 Å². The van der Waals surface area contributed by atoms with Crippen molar-refractivity contribution in [1.29, 1.82) is 0 Å². The van der Waals surface area contributed by atoms with Gasteiger partial charge in [0.1, 0.15) is 61.0 Å². The lowest BCUT2D eigenvalue weighted by molar-refractivity contribution is -0.359. The Morgan fingerprint density at radius 2 is 1.50 bits per heavy atom. The largest absolute Gasteiger partial charge is 0.504 e. The van der Waals surface area contributed by atoms with E-state index in [1.807, 2.05) is 0 Å². The summed E-state index contributed by atoms with van der Waals surface area (Å²) in [6.07, 6.45) is -22.6. The molecular weight excluding hydrogens is 624 g/mol. The number of aromatic hydroxyl groups is 1. The Bertz CT molecular complexity index is 1180. The number of carbonyl (C=O) groups is 1. The molecule has 0 bridgehead atoms. The predicted octanol–water partition coefficient (Wildman–Crippen LogP) is -4.57. The second kappa shape index (κ2) is 15.6. The lowest BCUT2D eigenvalue weighted by Gasteiger charge is -2.46. The van der Waals surface area contributed by atoms with Crippen molar-refractivity contribution in [3.8, 4) is 11.5 Å². The number of hydrogen-bond donors (Lipinski definition) is 10. The molecule has 15 atom stereocenters. The van der Waals surface area contributed by atoms with Crippen molar-refractivity contribution < 1.29 is 89.0 Å². The minimum atomic E-state index is -2.00. The Morgan fingerprint density at radius 1 is 0.826 bits per heavy atom. The zero-order chi connectivity index (χ0) is 33.9. The Labute approximate surface area is 262 Å². The predicted molar refractivity (Wildman–Crippen MR) is 147 cm³/mol. The number of rotatable bonds is 10. The quantitative estimate of drug-likeness (QED) is 0.0832. The van der Waals surface area contributed by atoms with Gasteiger partial charge in [0.25, 0.3) is 0 Å². The third-order valence-corrected chi connectivity index (χ3v) is 7.87. The lowest BCUT2D eigenvalue weighted by atomic mass is 9.96. The summed E-state index contributed by atoms with van der Waals surface area (Å²) >= 11 is 0. The van der Waals surface area contributed by atoms with Crippen LogP contribution in [0.3, 0.4) is 0 Å². The van der Waals surface area contributed by atoms with Crippen LogP contribution in [0.2, 0.25) is 0 Å². The number of esters is 1. The average Bonchev–Trinajstić information content (AvgIpc) is 3.04. The van der Waals surface area contributed by atoms with E-state index in [0.29, 0.717) is 5.56 Å². The standard InChI is InChI=1S/C28H40O18/c1-10-17(32)19(34)22(37)28(42-10)46-25-23(38)26(39)43-15(9-41-27-21(36)20(35)18(33)14(8-29)44-27)24(25)45-16(31)6-4-11-3-5-12(30)13(7-11)40-2/h3-7,10,14-15,17-30,32-39H,8-9H2,1-2H3/b6-4+/t10-,14+,15+,17-,18-,19+,20-,21+,22+,23+,24+,25+,26+,27+,28-/m0/s1. The molecule has 3 aliphatic heterocycles. The summed E-state index contributed by atoms with van der Waals surface area (Å²) in [4.78, 5) is 13.0. The molecule has 3 saturated heterocycles. The summed E-state index contributed by atoms with van der Waals surface area (Å²) in [7, 11) is 1.33. The summed E-state index contributed by atoms with van der Waals surface area (Å²) in [5, 5.41) is 102. The van der Waals surface area contributed by atoms with Crippen LogP contribution in [-0.2, 0) is 33.2 Å². The van der Waals surface area contributed by atoms with E-state index in [1.54, 1.807) is 0 Å². The number of hydrogen-bond acceptors (Lipinski definition) is 18. The summed E-state index contributed by atoms with van der Waals surface area (Å²) in [6.45, 7) is -0.0359. The third kappa shape index (κ3) is 7.94. The Hall–Kier alpha value is -2.53. The van der Waals surface area contributed by atoms with Crippen LogP contribution < -0.4 is 4.74 Å². The van der Waals surface area contributed by atoms with Crippen LogP contribution in [0, 0.1) is 0 Å². The van der Waals surface area contributed by atoms with Crippen LogP contribution >= 0.6 is 0 Å². The third-order valence-electron chi connectivity index (χ3n) is 7.87. The molecule has 0 unspecified atom stereocenters. The summed E-state index contributed by atoms with van der Waals surface area (Å²) in [6, 6.07) is 4.22. The highest BCUT2D eigenvalue weighted by atomic mass is 16.7. The van der Waals surface area contributed by atoms with Gasteiger partial charge in [0.2, 0.25) is 0 Å². The number of aliphatic hydroxyl groups is 9. The van der Waals surface area contributed by atoms with E-state index >= 15 is 0 Å². The maximum atomic E-state index is 13.0. The first-order valence-corrected chi connectivity index (χ1v) is 14.3. The monoisotopic (exact) mass is 664 g/mol. The van der Waals surface area contributed by atoms with Crippen LogP contribution in [0.25, 0.3) is 6.08 Å². The fraction of sp³-hybridized carbons (Fsp3) is 0.679. The summed E-state index contributed by atoms with van der Waals surface area (Å²) < 4.78 is 38.0. The van der Waals surface area contributed by atoms with E-state index < -0.39 is 111 Å². The molecule has 0 aromatic heterocycles. The first kappa shape index (κ1) is 36.3. The van der Waals surface area contributed by atoms with Gasteiger partial charge in [0, 0.05) is 6.08 Å². The second-order valence-electron chi connectivity index (χ2n) is 11.0. The highest BCUT2D eigenvalue weighted by Crippen LogP contribution is 2.32. The molecule has 3 fully saturated rings. The minimum absolute atomic E-state index is 0.125. The number of carbonyl (C=O) groups excluding carboxylic acids is 1. The average molecular weight is 665 g/mol. The van der Waals surface area contributed by atoms with E-state index in [9.17, 15) is 55.9 Å². The fourth-order valence-corrected chi connectivity index (χ4v) is 5.15. The Balaban J connectivity index is 1.58. The van der Waals surface area contributed by atoms with Gasteiger partial charge in [0.05, 0.1) is 26.4 Å². The zero-order valence-electron chi connectivity index (χ0n) is 24.7. The van der Waals surface area contributed by atoms with Gasteiger partial charge >= 0.3 is 5.97 Å². The second-order valence-corrected chi connectivity index (χ2v) is 11.0. The number of benzene rings is 1. The molecule has 0 amide bonds. The van der Waals surface area contributed by atoms with Crippen molar-refractivity contribution in [3.05, 3.63) is 29.8 Å². The normalized spacial score (nSPS) is 41.8. The molecule has 1 aromatic carbocycles. The molecule has 18 heteroatoms. The molecule has 0 radical (unpaired) electrons. The number of aliphatic hydroxyl groups excluding tert-OH is 9. The zero-order valence-corrected chi connectivity index (χ0v) is 24.7. The van der Waals surface area contributed by atoms with Crippen LogP contribution in [0.5, 0.6) is 11.5 Å². The van der Waals surface area contributed by atoms with Crippen molar-refractivity contribution in [2.75, 3.05) is 20.3 Å². The Morgan fingerprint density at radius 3 is 2.17 bits per heavy atom. The van der Waals surface area contributed by atoms with Crippen LogP contribution in [-0.4, -0.2) is 169 Å². The molecular formula is C28H40O18. The van der Waals surface area contributed by atoms with Crippen LogP contribution in [0.15, 0.2) is 24.3 Å². The summed E-state index contributed by atoms with van der Waals surface area (Å²) in [5.74, 6) is -1.06. The molecule has 0 saturated carbocycles. The molecule has 0 aliphatic carbocycles. The van der Waals surface area contributed by atoms with Gasteiger partial charge in [-0.05, 0) is 30.7 Å². The maximum absolute atomic E-state index is 13.0. The highest BCUT2D eigenvalue weighted by molar-refractivity contribution is 5.87. The van der Waals surface area contributed by atoms with Crippen molar-refractivity contribution in [1.82, 2.24) is 0 Å². The maximum Gasteiger partial charge on any atom is 0.331 e. The number of methoxy groups -OCH3 is 1. The van der Waals surface area contributed by atoms with Gasteiger partial charge in [-0.1, -0.05) is 6.07 Å². The number of phenols is 1. The number of phenolic OH excluding ortho intramolecular Hbond substituents is 1. The molecule has 3 heterocycles. The summed E-state index contributed by atoms with van der Waals surface area (Å²) in [5.41, 5.74) is 0.414.